The first-order chi connectivity index (χ1) is 14.1. The lowest BCUT2D eigenvalue weighted by atomic mass is 10.2. The van der Waals surface area contributed by atoms with E-state index in [1.165, 1.54) is 28.7 Å². The van der Waals surface area contributed by atoms with Gasteiger partial charge in [0.05, 0.1) is 27.7 Å². The van der Waals surface area contributed by atoms with Gasteiger partial charge in [-0.3, -0.25) is 0 Å². The van der Waals surface area contributed by atoms with Crippen molar-refractivity contribution in [1.82, 2.24) is 15.0 Å². The molecule has 0 bridgehead atoms. The number of ether oxygens (including phenoxy) is 1. The van der Waals surface area contributed by atoms with E-state index in [0.29, 0.717) is 22.8 Å². The highest BCUT2D eigenvalue weighted by Crippen LogP contribution is 2.32. The van der Waals surface area contributed by atoms with E-state index in [9.17, 15) is 18.0 Å². The minimum Gasteiger partial charge on any atom is -0.480 e. The van der Waals surface area contributed by atoms with Crippen LogP contribution in [0.3, 0.4) is 0 Å². The third kappa shape index (κ3) is 5.45. The van der Waals surface area contributed by atoms with Gasteiger partial charge in [-0.05, 0) is 49.4 Å². The Labute approximate surface area is 178 Å². The Kier molecular flexibility index (Phi) is 6.57. The number of alkyl halides is 3. The van der Waals surface area contributed by atoms with Gasteiger partial charge in [-0.1, -0.05) is 11.6 Å². The summed E-state index contributed by atoms with van der Waals surface area (Å²) in [4.78, 5) is 12.7. The average molecular weight is 458 g/mol. The maximum absolute atomic E-state index is 12.7. The van der Waals surface area contributed by atoms with Crippen molar-refractivity contribution in [3.05, 3.63) is 64.4 Å². The maximum atomic E-state index is 12.7. The second-order valence-corrected chi connectivity index (χ2v) is 7.59. The lowest BCUT2D eigenvalue weighted by Crippen LogP contribution is -2.09. The van der Waals surface area contributed by atoms with Crippen LogP contribution in [0.4, 0.5) is 13.2 Å². The Morgan fingerprint density at radius 1 is 1.20 bits per heavy atom. The first-order valence-electron chi connectivity index (χ1n) is 8.51. The number of carboxylic acids is 1. The van der Waals surface area contributed by atoms with Gasteiger partial charge in [0, 0.05) is 10.6 Å². The first kappa shape index (κ1) is 22.0. The molecule has 1 heterocycles. The van der Waals surface area contributed by atoms with Crippen LogP contribution in [-0.4, -0.2) is 32.7 Å². The van der Waals surface area contributed by atoms with Crippen molar-refractivity contribution in [3.8, 4) is 11.4 Å². The topological polar surface area (TPSA) is 77.2 Å². The van der Waals surface area contributed by atoms with E-state index in [2.05, 4.69) is 10.2 Å². The summed E-state index contributed by atoms with van der Waals surface area (Å²) in [5.74, 6) is -0.373. The smallest absolute Gasteiger partial charge is 0.416 e. The number of aromatic nitrogens is 3. The number of thioether (sulfide) groups is 1. The van der Waals surface area contributed by atoms with Crippen LogP contribution in [0, 0.1) is 6.92 Å². The van der Waals surface area contributed by atoms with Crippen LogP contribution in [0.25, 0.3) is 5.69 Å². The highest BCUT2D eigenvalue weighted by atomic mass is 35.5. The molecule has 2 aromatic carbocycles. The predicted molar refractivity (Wildman–Crippen MR) is 105 cm³/mol. The normalized spacial score (nSPS) is 11.5. The predicted octanol–water partition coefficient (Wildman–Crippen LogP) is 5.00. The molecule has 0 aliphatic carbocycles. The molecule has 3 aromatic rings. The molecule has 0 saturated carbocycles. The van der Waals surface area contributed by atoms with Crippen molar-refractivity contribution in [1.29, 1.82) is 0 Å². The number of hydrogen-bond donors (Lipinski definition) is 1. The van der Waals surface area contributed by atoms with Crippen LogP contribution >= 0.6 is 23.4 Å². The zero-order valence-corrected chi connectivity index (χ0v) is 17.1. The minimum atomic E-state index is -4.40. The van der Waals surface area contributed by atoms with E-state index >= 15 is 0 Å². The molecule has 0 spiro atoms. The molecule has 3 rings (SSSR count). The summed E-state index contributed by atoms with van der Waals surface area (Å²) in [5, 5.41) is 17.6. The number of nitrogens with zero attached hydrogens (tertiary/aromatic N) is 3. The molecule has 0 aliphatic heterocycles. The summed E-state index contributed by atoms with van der Waals surface area (Å²) in [6, 6.07) is 9.57. The SMILES string of the molecule is Cc1nn(-c2ccc(C(F)(F)F)cc2)nc1CSc1ccc(OCC(=O)O)c(Cl)c1. The lowest BCUT2D eigenvalue weighted by Gasteiger charge is -2.07. The van der Waals surface area contributed by atoms with Gasteiger partial charge in [0.2, 0.25) is 0 Å². The van der Waals surface area contributed by atoms with Crippen molar-refractivity contribution in [2.45, 2.75) is 23.7 Å². The molecular weight excluding hydrogens is 443 g/mol. The average Bonchev–Trinajstić information content (AvgIpc) is 3.05. The zero-order chi connectivity index (χ0) is 21.9. The molecule has 11 heteroatoms. The second-order valence-electron chi connectivity index (χ2n) is 6.13. The molecule has 0 amide bonds. The summed E-state index contributed by atoms with van der Waals surface area (Å²) in [7, 11) is 0. The Hall–Kier alpha value is -2.72. The second kappa shape index (κ2) is 8.97. The Balaban J connectivity index is 1.68. The Morgan fingerprint density at radius 2 is 1.90 bits per heavy atom. The van der Waals surface area contributed by atoms with Crippen LogP contribution in [0.15, 0.2) is 47.4 Å². The highest BCUT2D eigenvalue weighted by molar-refractivity contribution is 7.98. The minimum absolute atomic E-state index is 0.271. The number of hydrogen-bond acceptors (Lipinski definition) is 5. The van der Waals surface area contributed by atoms with Gasteiger partial charge >= 0.3 is 12.1 Å². The van der Waals surface area contributed by atoms with Crippen molar-refractivity contribution in [2.24, 2.45) is 0 Å². The van der Waals surface area contributed by atoms with Crippen LogP contribution in [0.5, 0.6) is 5.75 Å². The number of halogens is 4. The van der Waals surface area contributed by atoms with E-state index < -0.39 is 24.3 Å². The van der Waals surface area contributed by atoms with Crippen LogP contribution in [-0.2, 0) is 16.7 Å². The molecule has 0 aliphatic rings. The molecule has 158 valence electrons. The monoisotopic (exact) mass is 457 g/mol. The van der Waals surface area contributed by atoms with Crippen molar-refractivity contribution in [3.63, 3.8) is 0 Å². The third-order valence-corrected chi connectivity index (χ3v) is 5.23. The lowest BCUT2D eigenvalue weighted by molar-refractivity contribution is -0.139. The summed E-state index contributed by atoms with van der Waals surface area (Å²) in [5.41, 5.74) is 1.00. The molecule has 0 unspecified atom stereocenters. The Morgan fingerprint density at radius 3 is 2.50 bits per heavy atom. The van der Waals surface area contributed by atoms with Gasteiger partial charge < -0.3 is 9.84 Å². The highest BCUT2D eigenvalue weighted by Gasteiger charge is 2.30. The molecule has 0 atom stereocenters. The first-order valence-corrected chi connectivity index (χ1v) is 9.87. The standard InChI is InChI=1S/C19H15ClF3N3O3S/c1-11-16(10-30-14-6-7-17(15(20)8-14)29-9-18(27)28)25-26(24-11)13-4-2-12(3-5-13)19(21,22)23/h2-8H,9-10H2,1H3,(H,27,28). The number of rotatable bonds is 7. The van der Waals surface area contributed by atoms with E-state index in [0.717, 1.165) is 17.0 Å². The number of carbonyl (C=O) groups is 1. The number of carboxylic acid groups (broad SMARTS) is 1. The molecule has 0 radical (unpaired) electrons. The molecule has 1 N–H and O–H groups in total. The van der Waals surface area contributed by atoms with E-state index in [1.807, 2.05) is 0 Å². The summed E-state index contributed by atoms with van der Waals surface area (Å²) in [6.45, 7) is 1.28. The number of aryl methyl sites for hydroxylation is 1. The molecule has 0 fully saturated rings. The fourth-order valence-electron chi connectivity index (χ4n) is 2.42. The van der Waals surface area contributed by atoms with Crippen molar-refractivity contribution >= 4 is 29.3 Å². The van der Waals surface area contributed by atoms with Crippen molar-refractivity contribution in [2.75, 3.05) is 6.61 Å². The molecule has 30 heavy (non-hydrogen) atoms. The largest absolute Gasteiger partial charge is 0.480 e. The van der Waals surface area contributed by atoms with E-state index in [-0.39, 0.29) is 10.8 Å². The van der Waals surface area contributed by atoms with Gasteiger partial charge in [-0.15, -0.1) is 11.8 Å². The van der Waals surface area contributed by atoms with Crippen LogP contribution in [0.1, 0.15) is 17.0 Å². The van der Waals surface area contributed by atoms with E-state index in [4.69, 9.17) is 21.4 Å². The van der Waals surface area contributed by atoms with Gasteiger partial charge in [-0.25, -0.2) is 4.79 Å². The number of benzene rings is 2. The fourth-order valence-corrected chi connectivity index (χ4v) is 3.66. The zero-order valence-electron chi connectivity index (χ0n) is 15.5. The summed E-state index contributed by atoms with van der Waals surface area (Å²) >= 11 is 7.54. The van der Waals surface area contributed by atoms with Gasteiger partial charge in [0.15, 0.2) is 6.61 Å². The fraction of sp³-hybridized carbons (Fsp3) is 0.211. The maximum Gasteiger partial charge on any atom is 0.416 e. The van der Waals surface area contributed by atoms with Gasteiger partial charge in [-0.2, -0.15) is 28.2 Å². The van der Waals surface area contributed by atoms with Gasteiger partial charge in [0.25, 0.3) is 0 Å². The molecule has 1 aromatic heterocycles. The summed E-state index contributed by atoms with van der Waals surface area (Å²) in [6.07, 6.45) is -4.40. The van der Waals surface area contributed by atoms with E-state index in [1.54, 1.807) is 25.1 Å². The van der Waals surface area contributed by atoms with Gasteiger partial charge in [0.1, 0.15) is 5.75 Å². The summed E-state index contributed by atoms with van der Waals surface area (Å²) < 4.78 is 43.2. The quantitative estimate of drug-likeness (QED) is 0.503. The molecule has 0 saturated heterocycles. The molecular formula is C19H15ClF3N3O3S. The molecule has 6 nitrogen and oxygen atoms in total. The third-order valence-electron chi connectivity index (χ3n) is 3.93. The van der Waals surface area contributed by atoms with Crippen LogP contribution in [0.2, 0.25) is 5.02 Å². The number of aliphatic carboxylic acids is 1. The Bertz CT molecular complexity index is 1060. The van der Waals surface area contributed by atoms with Crippen LogP contribution < -0.4 is 4.74 Å². The van der Waals surface area contributed by atoms with Crippen molar-refractivity contribution < 1.29 is 27.8 Å².